The largest absolute Gasteiger partial charge is 0.306 e. The molecule has 1 N–H and O–H groups in total. The van der Waals surface area contributed by atoms with Crippen LogP contribution < -0.4 is 5.32 Å². The van der Waals surface area contributed by atoms with E-state index in [1.165, 1.54) is 24.6 Å². The van der Waals surface area contributed by atoms with Crippen molar-refractivity contribution >= 4 is 22.4 Å². The van der Waals surface area contributed by atoms with Crippen LogP contribution in [0.1, 0.15) is 30.6 Å². The smallest absolute Gasteiger partial charge is 0.223 e. The van der Waals surface area contributed by atoms with Crippen LogP contribution in [0.3, 0.4) is 0 Å². The Bertz CT molecular complexity index is 369. The second kappa shape index (κ2) is 4.93. The molecule has 0 unspecified atom stereocenters. The summed E-state index contributed by atoms with van der Waals surface area (Å²) in [5.41, 5.74) is 0. The van der Waals surface area contributed by atoms with Gasteiger partial charge in [-0.15, -0.1) is 11.3 Å². The molecule has 0 atom stereocenters. The van der Waals surface area contributed by atoms with Gasteiger partial charge in [0.2, 0.25) is 5.91 Å². The highest BCUT2D eigenvalue weighted by Crippen LogP contribution is 2.32. The molecular formula is C11H17N3OS. The Labute approximate surface area is 99.7 Å². The van der Waals surface area contributed by atoms with Crippen molar-refractivity contribution in [3.8, 4) is 0 Å². The lowest BCUT2D eigenvalue weighted by Gasteiger charge is -2.27. The number of hydrogen-bond acceptors (Lipinski definition) is 4. The molecule has 4 nitrogen and oxygen atoms in total. The van der Waals surface area contributed by atoms with Crippen LogP contribution in [0.25, 0.3) is 0 Å². The molecule has 0 saturated carbocycles. The van der Waals surface area contributed by atoms with Crippen LogP contribution >= 0.6 is 11.3 Å². The molecule has 0 spiro atoms. The Morgan fingerprint density at radius 3 is 2.88 bits per heavy atom. The van der Waals surface area contributed by atoms with Gasteiger partial charge in [0.1, 0.15) is 0 Å². The summed E-state index contributed by atoms with van der Waals surface area (Å²) in [4.78, 5) is 18.8. The minimum atomic E-state index is -0.0516. The molecule has 1 aromatic heterocycles. The van der Waals surface area contributed by atoms with Crippen molar-refractivity contribution in [3.05, 3.63) is 11.1 Å². The highest BCUT2D eigenvalue weighted by Gasteiger charge is 2.20. The van der Waals surface area contributed by atoms with Crippen LogP contribution in [0.4, 0.5) is 5.13 Å². The third-order valence-electron chi connectivity index (χ3n) is 2.93. The summed E-state index contributed by atoms with van der Waals surface area (Å²) in [5.74, 6) is 0.570. The Balaban J connectivity index is 1.99. The maximum Gasteiger partial charge on any atom is 0.223 e. The zero-order valence-corrected chi connectivity index (χ0v) is 10.5. The molecule has 2 rings (SSSR count). The molecule has 88 valence electrons. The molecule has 1 fully saturated rings. The van der Waals surface area contributed by atoms with Gasteiger partial charge in [0.15, 0.2) is 5.13 Å². The zero-order valence-electron chi connectivity index (χ0n) is 9.69. The van der Waals surface area contributed by atoms with Crippen molar-refractivity contribution in [2.75, 3.05) is 25.5 Å². The van der Waals surface area contributed by atoms with Crippen molar-refractivity contribution in [1.29, 1.82) is 0 Å². The normalized spacial score (nSPS) is 18.6. The number of nitrogens with one attached hydrogen (secondary N) is 1. The summed E-state index contributed by atoms with van der Waals surface area (Å²) in [6.45, 7) is 3.81. The van der Waals surface area contributed by atoms with Gasteiger partial charge in [0.25, 0.3) is 0 Å². The fraction of sp³-hybridized carbons (Fsp3) is 0.636. The number of carbonyl (C=O) groups excluding carboxylic acids is 1. The molecular weight excluding hydrogens is 222 g/mol. The van der Waals surface area contributed by atoms with E-state index in [1.54, 1.807) is 11.3 Å². The Morgan fingerprint density at radius 1 is 1.56 bits per heavy atom. The molecule has 0 radical (unpaired) electrons. The van der Waals surface area contributed by atoms with Crippen molar-refractivity contribution in [1.82, 2.24) is 9.88 Å². The van der Waals surface area contributed by atoms with Gasteiger partial charge in [-0.3, -0.25) is 4.79 Å². The molecule has 1 amide bonds. The monoisotopic (exact) mass is 239 g/mol. The van der Waals surface area contributed by atoms with Crippen molar-refractivity contribution in [3.63, 3.8) is 0 Å². The number of piperidine rings is 1. The molecule has 1 aliphatic heterocycles. The van der Waals surface area contributed by atoms with E-state index in [4.69, 9.17) is 0 Å². The van der Waals surface area contributed by atoms with E-state index < -0.39 is 0 Å². The number of rotatable bonds is 2. The first kappa shape index (κ1) is 11.5. The first-order valence-electron chi connectivity index (χ1n) is 5.57. The molecule has 1 saturated heterocycles. The van der Waals surface area contributed by atoms with Gasteiger partial charge in [-0.25, -0.2) is 4.98 Å². The van der Waals surface area contributed by atoms with Crippen LogP contribution in [-0.2, 0) is 4.79 Å². The number of anilines is 1. The Kier molecular flexibility index (Phi) is 3.56. The number of likely N-dealkylation sites (tertiary alicyclic amines) is 1. The average Bonchev–Trinajstić information content (AvgIpc) is 2.66. The van der Waals surface area contributed by atoms with Gasteiger partial charge >= 0.3 is 0 Å². The minimum absolute atomic E-state index is 0.0516. The summed E-state index contributed by atoms with van der Waals surface area (Å²) >= 11 is 1.61. The molecule has 0 aromatic carbocycles. The van der Waals surface area contributed by atoms with E-state index in [9.17, 15) is 4.79 Å². The van der Waals surface area contributed by atoms with Crippen LogP contribution in [0, 0.1) is 0 Å². The minimum Gasteiger partial charge on any atom is -0.306 e. The van der Waals surface area contributed by atoms with Crippen molar-refractivity contribution in [2.45, 2.75) is 25.7 Å². The molecule has 0 aliphatic carbocycles. The standard InChI is InChI=1S/C11H17N3OS/c1-8(15)13-11-12-7-10(16-11)9-3-5-14(2)6-4-9/h7,9H,3-6H2,1-2H3,(H,12,13,15). The average molecular weight is 239 g/mol. The number of carbonyl (C=O) groups is 1. The number of nitrogens with zero attached hydrogens (tertiary/aromatic N) is 2. The lowest BCUT2D eigenvalue weighted by molar-refractivity contribution is -0.114. The highest BCUT2D eigenvalue weighted by atomic mass is 32.1. The van der Waals surface area contributed by atoms with Crippen LogP contribution in [-0.4, -0.2) is 35.9 Å². The summed E-state index contributed by atoms with van der Waals surface area (Å²) in [6, 6.07) is 0. The van der Waals surface area contributed by atoms with Gasteiger partial charge in [-0.1, -0.05) is 0 Å². The first-order valence-corrected chi connectivity index (χ1v) is 6.38. The van der Waals surface area contributed by atoms with E-state index in [0.717, 1.165) is 18.2 Å². The fourth-order valence-electron chi connectivity index (χ4n) is 1.98. The van der Waals surface area contributed by atoms with Gasteiger partial charge in [-0.2, -0.15) is 0 Å². The third-order valence-corrected chi connectivity index (χ3v) is 4.00. The fourth-order valence-corrected chi connectivity index (χ4v) is 3.01. The summed E-state index contributed by atoms with van der Waals surface area (Å²) in [6.07, 6.45) is 4.29. The summed E-state index contributed by atoms with van der Waals surface area (Å²) in [5, 5.41) is 3.45. The van der Waals surface area contributed by atoms with Crippen molar-refractivity contribution < 1.29 is 4.79 Å². The van der Waals surface area contributed by atoms with Gasteiger partial charge in [-0.05, 0) is 38.9 Å². The third kappa shape index (κ3) is 2.80. The SMILES string of the molecule is CC(=O)Nc1ncc(C2CCN(C)CC2)s1. The number of hydrogen-bond donors (Lipinski definition) is 1. The summed E-state index contributed by atoms with van der Waals surface area (Å²) < 4.78 is 0. The van der Waals surface area contributed by atoms with E-state index in [2.05, 4.69) is 22.2 Å². The molecule has 5 heteroatoms. The second-order valence-electron chi connectivity index (χ2n) is 4.33. The topological polar surface area (TPSA) is 45.2 Å². The van der Waals surface area contributed by atoms with E-state index in [1.807, 2.05) is 6.20 Å². The van der Waals surface area contributed by atoms with Crippen LogP contribution in [0.5, 0.6) is 0 Å². The lowest BCUT2D eigenvalue weighted by Crippen LogP contribution is -2.28. The Morgan fingerprint density at radius 2 is 2.25 bits per heavy atom. The van der Waals surface area contributed by atoms with Gasteiger partial charge in [0, 0.05) is 18.0 Å². The predicted molar refractivity (Wildman–Crippen MR) is 65.9 cm³/mol. The quantitative estimate of drug-likeness (QED) is 0.857. The van der Waals surface area contributed by atoms with Crippen LogP contribution in [0.2, 0.25) is 0 Å². The van der Waals surface area contributed by atoms with E-state index in [-0.39, 0.29) is 5.91 Å². The number of amides is 1. The molecule has 16 heavy (non-hydrogen) atoms. The molecule has 2 heterocycles. The van der Waals surface area contributed by atoms with Crippen LogP contribution in [0.15, 0.2) is 6.20 Å². The maximum absolute atomic E-state index is 10.9. The predicted octanol–water partition coefficient (Wildman–Crippen LogP) is 1.91. The maximum atomic E-state index is 10.9. The first-order chi connectivity index (χ1) is 7.65. The number of aromatic nitrogens is 1. The number of thiazole rings is 1. The van der Waals surface area contributed by atoms with Gasteiger partial charge in [0.05, 0.1) is 0 Å². The molecule has 0 bridgehead atoms. The van der Waals surface area contributed by atoms with Crippen molar-refractivity contribution in [2.24, 2.45) is 0 Å². The zero-order chi connectivity index (χ0) is 11.5. The second-order valence-corrected chi connectivity index (χ2v) is 5.39. The summed E-state index contributed by atoms with van der Waals surface area (Å²) in [7, 11) is 2.16. The Hall–Kier alpha value is -0.940. The lowest BCUT2D eigenvalue weighted by atomic mass is 9.96. The molecule has 1 aliphatic rings. The van der Waals surface area contributed by atoms with E-state index >= 15 is 0 Å². The van der Waals surface area contributed by atoms with Gasteiger partial charge < -0.3 is 10.2 Å². The molecule has 1 aromatic rings. The van der Waals surface area contributed by atoms with E-state index in [0.29, 0.717) is 5.92 Å². The highest BCUT2D eigenvalue weighted by molar-refractivity contribution is 7.15.